The predicted octanol–water partition coefficient (Wildman–Crippen LogP) is 3.12. The third kappa shape index (κ3) is 4.87. The molecule has 2 rings (SSSR count). The average molecular weight is 334 g/mol. The molecule has 24 heavy (non-hydrogen) atoms. The molecular weight excluding hydrogens is 304 g/mol. The average Bonchev–Trinajstić information content (AvgIpc) is 2.62. The van der Waals surface area contributed by atoms with E-state index in [4.69, 9.17) is 15.2 Å². The SMILES string of the molecule is CCOc1ccc(C(=O)NC(CN)C2CCCCC2)cc1OCC. The zero-order chi connectivity index (χ0) is 17.4. The molecule has 0 radical (unpaired) electrons. The summed E-state index contributed by atoms with van der Waals surface area (Å²) >= 11 is 0. The molecule has 134 valence electrons. The van der Waals surface area contributed by atoms with E-state index in [1.165, 1.54) is 19.3 Å². The first-order chi connectivity index (χ1) is 11.7. The highest BCUT2D eigenvalue weighted by Gasteiger charge is 2.24. The Morgan fingerprint density at radius 2 is 1.83 bits per heavy atom. The smallest absolute Gasteiger partial charge is 0.251 e. The Hall–Kier alpha value is -1.75. The Bertz CT molecular complexity index is 527. The second kappa shape index (κ2) is 9.52. The fourth-order valence-electron chi connectivity index (χ4n) is 3.35. The van der Waals surface area contributed by atoms with Crippen molar-refractivity contribution in [2.24, 2.45) is 11.7 Å². The number of amides is 1. The summed E-state index contributed by atoms with van der Waals surface area (Å²) in [5.41, 5.74) is 6.49. The minimum atomic E-state index is -0.0972. The van der Waals surface area contributed by atoms with E-state index in [2.05, 4.69) is 5.32 Å². The molecule has 1 aromatic rings. The van der Waals surface area contributed by atoms with Crippen LogP contribution < -0.4 is 20.5 Å². The Kier molecular flexibility index (Phi) is 7.37. The molecule has 1 aliphatic carbocycles. The highest BCUT2D eigenvalue weighted by molar-refractivity contribution is 5.95. The zero-order valence-electron chi connectivity index (χ0n) is 14.8. The van der Waals surface area contributed by atoms with E-state index in [1.54, 1.807) is 18.2 Å². The van der Waals surface area contributed by atoms with Crippen molar-refractivity contribution in [2.45, 2.75) is 52.0 Å². The van der Waals surface area contributed by atoms with Gasteiger partial charge in [0.05, 0.1) is 13.2 Å². The van der Waals surface area contributed by atoms with Gasteiger partial charge in [0.2, 0.25) is 0 Å². The van der Waals surface area contributed by atoms with E-state index >= 15 is 0 Å². The predicted molar refractivity (Wildman–Crippen MR) is 95.7 cm³/mol. The molecule has 1 fully saturated rings. The number of benzene rings is 1. The van der Waals surface area contributed by atoms with Gasteiger partial charge in [0.1, 0.15) is 0 Å². The summed E-state index contributed by atoms with van der Waals surface area (Å²) < 4.78 is 11.1. The van der Waals surface area contributed by atoms with Gasteiger partial charge in [0, 0.05) is 18.2 Å². The van der Waals surface area contributed by atoms with Crippen molar-refractivity contribution in [3.05, 3.63) is 23.8 Å². The first-order valence-electron chi connectivity index (χ1n) is 9.10. The molecule has 0 aromatic heterocycles. The molecule has 1 amide bonds. The number of carbonyl (C=O) groups excluding carboxylic acids is 1. The van der Waals surface area contributed by atoms with Gasteiger partial charge in [-0.3, -0.25) is 4.79 Å². The molecule has 0 spiro atoms. The third-order valence-electron chi connectivity index (χ3n) is 4.59. The van der Waals surface area contributed by atoms with E-state index in [-0.39, 0.29) is 11.9 Å². The van der Waals surface area contributed by atoms with Crippen LogP contribution in [0.4, 0.5) is 0 Å². The van der Waals surface area contributed by atoms with Crippen LogP contribution in [-0.2, 0) is 0 Å². The van der Waals surface area contributed by atoms with Gasteiger partial charge in [-0.15, -0.1) is 0 Å². The molecule has 5 nitrogen and oxygen atoms in total. The van der Waals surface area contributed by atoms with Crippen molar-refractivity contribution >= 4 is 5.91 Å². The lowest BCUT2D eigenvalue weighted by Crippen LogP contribution is -2.45. The van der Waals surface area contributed by atoms with E-state index in [1.807, 2.05) is 13.8 Å². The Morgan fingerprint density at radius 3 is 2.46 bits per heavy atom. The number of hydrogen-bond acceptors (Lipinski definition) is 4. The molecule has 1 aromatic carbocycles. The first-order valence-corrected chi connectivity index (χ1v) is 9.10. The summed E-state index contributed by atoms with van der Waals surface area (Å²) in [6.45, 7) is 5.40. The van der Waals surface area contributed by atoms with E-state index in [0.717, 1.165) is 12.8 Å². The van der Waals surface area contributed by atoms with Crippen LogP contribution in [0.25, 0.3) is 0 Å². The Balaban J connectivity index is 2.08. The van der Waals surface area contributed by atoms with Gasteiger partial charge in [0.15, 0.2) is 11.5 Å². The molecule has 1 atom stereocenters. The maximum absolute atomic E-state index is 12.6. The van der Waals surface area contributed by atoms with Gasteiger partial charge in [-0.05, 0) is 50.8 Å². The highest BCUT2D eigenvalue weighted by Crippen LogP contribution is 2.29. The van der Waals surface area contributed by atoms with E-state index in [0.29, 0.717) is 42.7 Å². The van der Waals surface area contributed by atoms with Gasteiger partial charge < -0.3 is 20.5 Å². The van der Waals surface area contributed by atoms with Crippen LogP contribution in [0.3, 0.4) is 0 Å². The van der Waals surface area contributed by atoms with Crippen LogP contribution >= 0.6 is 0 Å². The number of nitrogens with two attached hydrogens (primary N) is 1. The minimum Gasteiger partial charge on any atom is -0.490 e. The van der Waals surface area contributed by atoms with Crippen LogP contribution in [-0.4, -0.2) is 31.7 Å². The molecule has 1 aliphatic rings. The van der Waals surface area contributed by atoms with Gasteiger partial charge in [-0.2, -0.15) is 0 Å². The molecule has 1 unspecified atom stereocenters. The van der Waals surface area contributed by atoms with Crippen molar-refractivity contribution in [1.82, 2.24) is 5.32 Å². The fraction of sp³-hybridized carbons (Fsp3) is 0.632. The standard InChI is InChI=1S/C19H30N2O3/c1-3-23-17-11-10-15(12-18(17)24-4-2)19(22)21-16(13-20)14-8-6-5-7-9-14/h10-12,14,16H,3-9,13,20H2,1-2H3,(H,21,22). The third-order valence-corrected chi connectivity index (χ3v) is 4.59. The van der Waals surface area contributed by atoms with Gasteiger partial charge >= 0.3 is 0 Å². The van der Waals surface area contributed by atoms with Crippen LogP contribution in [0.2, 0.25) is 0 Å². The highest BCUT2D eigenvalue weighted by atomic mass is 16.5. The van der Waals surface area contributed by atoms with Gasteiger partial charge in [-0.1, -0.05) is 19.3 Å². The largest absolute Gasteiger partial charge is 0.490 e. The normalized spacial score (nSPS) is 16.5. The maximum Gasteiger partial charge on any atom is 0.251 e. The van der Waals surface area contributed by atoms with Crippen LogP contribution in [0.1, 0.15) is 56.3 Å². The molecule has 1 saturated carbocycles. The summed E-state index contributed by atoms with van der Waals surface area (Å²) in [5, 5.41) is 3.11. The van der Waals surface area contributed by atoms with Gasteiger partial charge in [0.25, 0.3) is 5.91 Å². The lowest BCUT2D eigenvalue weighted by molar-refractivity contribution is 0.0915. The lowest BCUT2D eigenvalue weighted by Gasteiger charge is -2.30. The number of nitrogens with one attached hydrogen (secondary N) is 1. The van der Waals surface area contributed by atoms with Crippen LogP contribution in [0.15, 0.2) is 18.2 Å². The lowest BCUT2D eigenvalue weighted by atomic mass is 9.84. The quantitative estimate of drug-likeness (QED) is 0.766. The summed E-state index contributed by atoms with van der Waals surface area (Å²) in [4.78, 5) is 12.6. The maximum atomic E-state index is 12.6. The van der Waals surface area contributed by atoms with Crippen LogP contribution in [0.5, 0.6) is 11.5 Å². The molecule has 3 N–H and O–H groups in total. The second-order valence-electron chi connectivity index (χ2n) is 6.24. The molecule has 0 bridgehead atoms. The molecule has 0 aliphatic heterocycles. The zero-order valence-corrected chi connectivity index (χ0v) is 14.8. The van der Waals surface area contributed by atoms with Crippen molar-refractivity contribution in [3.63, 3.8) is 0 Å². The van der Waals surface area contributed by atoms with E-state index in [9.17, 15) is 4.79 Å². The van der Waals surface area contributed by atoms with Crippen molar-refractivity contribution in [1.29, 1.82) is 0 Å². The topological polar surface area (TPSA) is 73.6 Å². The van der Waals surface area contributed by atoms with Crippen molar-refractivity contribution in [3.8, 4) is 11.5 Å². The Morgan fingerprint density at radius 1 is 1.17 bits per heavy atom. The monoisotopic (exact) mass is 334 g/mol. The summed E-state index contributed by atoms with van der Waals surface area (Å²) in [6.07, 6.45) is 6.05. The minimum absolute atomic E-state index is 0.0416. The molecule has 5 heteroatoms. The summed E-state index contributed by atoms with van der Waals surface area (Å²) in [6, 6.07) is 5.36. The fourth-order valence-corrected chi connectivity index (χ4v) is 3.35. The summed E-state index contributed by atoms with van der Waals surface area (Å²) in [7, 11) is 0. The number of hydrogen-bond donors (Lipinski definition) is 2. The van der Waals surface area contributed by atoms with Crippen molar-refractivity contribution < 1.29 is 14.3 Å². The van der Waals surface area contributed by atoms with Crippen molar-refractivity contribution in [2.75, 3.05) is 19.8 Å². The van der Waals surface area contributed by atoms with Crippen LogP contribution in [0, 0.1) is 5.92 Å². The number of carbonyl (C=O) groups is 1. The summed E-state index contributed by atoms with van der Waals surface area (Å²) in [5.74, 6) is 1.66. The molecule has 0 heterocycles. The van der Waals surface area contributed by atoms with E-state index < -0.39 is 0 Å². The first kappa shape index (κ1) is 18.6. The second-order valence-corrected chi connectivity index (χ2v) is 6.24. The molecular formula is C19H30N2O3. The Labute approximate surface area is 144 Å². The van der Waals surface area contributed by atoms with Gasteiger partial charge in [-0.25, -0.2) is 0 Å². The number of ether oxygens (including phenoxy) is 2. The molecule has 0 saturated heterocycles. The number of rotatable bonds is 8.